The number of nitrogens with one attached hydrogen (secondary N) is 1. The lowest BCUT2D eigenvalue weighted by molar-refractivity contribution is -0.384. The van der Waals surface area contributed by atoms with Gasteiger partial charge in [0.05, 0.1) is 22.2 Å². The van der Waals surface area contributed by atoms with Crippen LogP contribution in [-0.2, 0) is 16.2 Å². The smallest absolute Gasteiger partial charge is 0.335 e. The fourth-order valence-corrected chi connectivity index (χ4v) is 4.04. The van der Waals surface area contributed by atoms with Crippen molar-refractivity contribution in [3.8, 4) is 11.5 Å². The predicted octanol–water partition coefficient (Wildman–Crippen LogP) is 5.55. The van der Waals surface area contributed by atoms with Crippen LogP contribution in [0.15, 0.2) is 66.2 Å². The molecule has 3 aromatic rings. The first-order valence-corrected chi connectivity index (χ1v) is 11.9. The molecule has 0 aromatic heterocycles. The highest BCUT2D eigenvalue weighted by Crippen LogP contribution is 2.38. The number of amides is 4. The Bertz CT molecular complexity index is 1470. The zero-order chi connectivity index (χ0) is 27.4. The van der Waals surface area contributed by atoms with Crippen molar-refractivity contribution in [1.82, 2.24) is 5.32 Å². The van der Waals surface area contributed by atoms with Gasteiger partial charge in [0.1, 0.15) is 12.2 Å². The van der Waals surface area contributed by atoms with Gasteiger partial charge < -0.3 is 9.47 Å². The molecule has 1 N–H and O–H groups in total. The van der Waals surface area contributed by atoms with Crippen LogP contribution in [0, 0.1) is 10.1 Å². The van der Waals surface area contributed by atoms with Crippen LogP contribution in [-0.4, -0.2) is 29.4 Å². The number of carbonyl (C=O) groups excluding carboxylic acids is 3. The highest BCUT2D eigenvalue weighted by atomic mass is 35.5. The van der Waals surface area contributed by atoms with Crippen molar-refractivity contribution in [2.75, 3.05) is 11.5 Å². The lowest BCUT2D eigenvalue weighted by Gasteiger charge is -2.26. The van der Waals surface area contributed by atoms with Crippen LogP contribution in [0.1, 0.15) is 18.1 Å². The monoisotopic (exact) mass is 555 g/mol. The van der Waals surface area contributed by atoms with Crippen LogP contribution < -0.4 is 19.7 Å². The maximum atomic E-state index is 13.1. The van der Waals surface area contributed by atoms with Gasteiger partial charge in [-0.2, -0.15) is 0 Å². The Kier molecular flexibility index (Phi) is 7.94. The number of hydrogen-bond acceptors (Lipinski definition) is 7. The summed E-state index contributed by atoms with van der Waals surface area (Å²) in [6.07, 6.45) is 1.28. The highest BCUT2D eigenvalue weighted by molar-refractivity contribution is 6.39. The van der Waals surface area contributed by atoms with Crippen molar-refractivity contribution < 1.29 is 28.8 Å². The van der Waals surface area contributed by atoms with E-state index in [1.807, 2.05) is 0 Å². The molecule has 1 saturated heterocycles. The zero-order valence-electron chi connectivity index (χ0n) is 19.8. The number of benzene rings is 3. The molecule has 0 aliphatic carbocycles. The van der Waals surface area contributed by atoms with E-state index in [4.69, 9.17) is 32.7 Å². The van der Waals surface area contributed by atoms with Gasteiger partial charge in [0.15, 0.2) is 11.5 Å². The van der Waals surface area contributed by atoms with Crippen molar-refractivity contribution in [1.29, 1.82) is 0 Å². The van der Waals surface area contributed by atoms with Crippen molar-refractivity contribution >= 4 is 58.5 Å². The first-order chi connectivity index (χ1) is 18.2. The minimum absolute atomic E-state index is 0.0268. The summed E-state index contributed by atoms with van der Waals surface area (Å²) in [5.41, 5.74) is 0.729. The molecule has 0 bridgehead atoms. The quantitative estimate of drug-likeness (QED) is 0.167. The van der Waals surface area contributed by atoms with Crippen LogP contribution in [0.3, 0.4) is 0 Å². The van der Waals surface area contributed by atoms with Crippen LogP contribution >= 0.6 is 23.2 Å². The van der Waals surface area contributed by atoms with E-state index < -0.39 is 22.8 Å². The van der Waals surface area contributed by atoms with E-state index in [-0.39, 0.29) is 46.7 Å². The number of anilines is 1. The number of ether oxygens (including phenoxy) is 2. The number of urea groups is 1. The topological polar surface area (TPSA) is 128 Å². The highest BCUT2D eigenvalue weighted by Gasteiger charge is 2.36. The lowest BCUT2D eigenvalue weighted by Crippen LogP contribution is -2.54. The van der Waals surface area contributed by atoms with Crippen LogP contribution in [0.5, 0.6) is 11.5 Å². The van der Waals surface area contributed by atoms with Gasteiger partial charge in [0.2, 0.25) is 0 Å². The number of barbiturate groups is 1. The molecule has 0 saturated carbocycles. The Balaban J connectivity index is 1.64. The molecule has 0 unspecified atom stereocenters. The molecule has 1 aliphatic heterocycles. The fraction of sp³-hybridized carbons (Fsp3) is 0.115. The Morgan fingerprint density at radius 2 is 1.76 bits per heavy atom. The van der Waals surface area contributed by atoms with E-state index in [9.17, 15) is 24.5 Å². The third kappa shape index (κ3) is 5.77. The molecular formula is C26H19Cl2N3O7. The normalized spacial score (nSPS) is 14.4. The first-order valence-electron chi connectivity index (χ1n) is 11.2. The lowest BCUT2D eigenvalue weighted by atomic mass is 10.1. The molecule has 10 nitrogen and oxygen atoms in total. The molecule has 1 aliphatic rings. The maximum Gasteiger partial charge on any atom is 0.335 e. The van der Waals surface area contributed by atoms with Crippen LogP contribution in [0.4, 0.5) is 16.2 Å². The zero-order valence-corrected chi connectivity index (χ0v) is 21.3. The fourth-order valence-electron chi connectivity index (χ4n) is 3.64. The van der Waals surface area contributed by atoms with E-state index in [2.05, 4.69) is 5.32 Å². The summed E-state index contributed by atoms with van der Waals surface area (Å²) in [6, 6.07) is 14.0. The van der Waals surface area contributed by atoms with E-state index in [1.54, 1.807) is 19.1 Å². The Morgan fingerprint density at radius 3 is 2.45 bits per heavy atom. The van der Waals surface area contributed by atoms with Crippen LogP contribution in [0.25, 0.3) is 6.08 Å². The van der Waals surface area contributed by atoms with Crippen molar-refractivity contribution in [3.63, 3.8) is 0 Å². The van der Waals surface area contributed by atoms with Gasteiger partial charge >= 0.3 is 6.03 Å². The molecule has 12 heteroatoms. The SMILES string of the molecule is CCOc1cc(/C=C2\C(=O)NC(=O)N(c3ccc(Cl)cc3)C2=O)cc(Cl)c1OCc1cccc([N+](=O)[O-])c1. The van der Waals surface area contributed by atoms with Gasteiger partial charge in [-0.1, -0.05) is 35.3 Å². The minimum atomic E-state index is -0.891. The standard InChI is InChI=1S/C26H19Cl2N3O7/c1-2-37-22-13-16(12-21(28)23(22)38-14-15-4-3-5-19(10-15)31(35)36)11-20-24(32)29-26(34)30(25(20)33)18-8-6-17(27)7-9-18/h3-13H,2,14H2,1H3,(H,29,32,34)/b20-11+. The van der Waals surface area contributed by atoms with Gasteiger partial charge in [-0.15, -0.1) is 0 Å². The molecule has 38 heavy (non-hydrogen) atoms. The third-order valence-corrected chi connectivity index (χ3v) is 5.87. The predicted molar refractivity (Wildman–Crippen MR) is 141 cm³/mol. The van der Waals surface area contributed by atoms with E-state index >= 15 is 0 Å². The molecule has 0 atom stereocenters. The molecule has 1 heterocycles. The second kappa shape index (κ2) is 11.3. The number of rotatable bonds is 8. The second-order valence-electron chi connectivity index (χ2n) is 7.91. The molecule has 4 rings (SSSR count). The van der Waals surface area contributed by atoms with Gasteiger partial charge in [-0.05, 0) is 60.5 Å². The van der Waals surface area contributed by atoms with Gasteiger partial charge in [0.25, 0.3) is 17.5 Å². The van der Waals surface area contributed by atoms with E-state index in [1.165, 1.54) is 54.6 Å². The maximum absolute atomic E-state index is 13.1. The second-order valence-corrected chi connectivity index (χ2v) is 8.76. The summed E-state index contributed by atoms with van der Waals surface area (Å²) in [5, 5.41) is 13.7. The van der Waals surface area contributed by atoms with E-state index in [0.29, 0.717) is 16.1 Å². The Morgan fingerprint density at radius 1 is 1.03 bits per heavy atom. The summed E-state index contributed by atoms with van der Waals surface area (Å²) in [5.74, 6) is -1.29. The third-order valence-electron chi connectivity index (χ3n) is 5.33. The van der Waals surface area contributed by atoms with Crippen molar-refractivity contribution in [3.05, 3.63) is 97.5 Å². The van der Waals surface area contributed by atoms with Crippen molar-refractivity contribution in [2.24, 2.45) is 0 Å². The summed E-state index contributed by atoms with van der Waals surface area (Å²) < 4.78 is 11.5. The molecule has 4 amide bonds. The minimum Gasteiger partial charge on any atom is -0.490 e. The number of non-ortho nitro benzene ring substituents is 1. The first kappa shape index (κ1) is 26.6. The summed E-state index contributed by atoms with van der Waals surface area (Å²) in [6.45, 7) is 1.97. The average molecular weight is 556 g/mol. The average Bonchev–Trinajstić information content (AvgIpc) is 2.87. The Labute approximate surface area is 226 Å². The number of nitro benzene ring substituents is 1. The van der Waals surface area contributed by atoms with Crippen molar-refractivity contribution in [2.45, 2.75) is 13.5 Å². The summed E-state index contributed by atoms with van der Waals surface area (Å²) in [7, 11) is 0. The number of imide groups is 2. The van der Waals surface area contributed by atoms with Crippen LogP contribution in [0.2, 0.25) is 10.0 Å². The largest absolute Gasteiger partial charge is 0.490 e. The molecule has 1 fully saturated rings. The van der Waals surface area contributed by atoms with Gasteiger partial charge in [0, 0.05) is 17.2 Å². The number of hydrogen-bond donors (Lipinski definition) is 1. The molecular weight excluding hydrogens is 537 g/mol. The molecule has 0 spiro atoms. The molecule has 3 aromatic carbocycles. The molecule has 0 radical (unpaired) electrons. The number of nitro groups is 1. The number of carbonyl (C=O) groups is 3. The number of nitrogens with zero attached hydrogens (tertiary/aromatic N) is 2. The summed E-state index contributed by atoms with van der Waals surface area (Å²) in [4.78, 5) is 49.4. The molecule has 194 valence electrons. The summed E-state index contributed by atoms with van der Waals surface area (Å²) >= 11 is 12.4. The van der Waals surface area contributed by atoms with Gasteiger partial charge in [-0.3, -0.25) is 25.0 Å². The van der Waals surface area contributed by atoms with Gasteiger partial charge in [-0.25, -0.2) is 9.69 Å². The number of halogens is 2. The Hall–Kier alpha value is -4.41. The van der Waals surface area contributed by atoms with E-state index in [0.717, 1.165) is 4.90 Å².